The fraction of sp³-hybridized carbons (Fsp3) is 0.500. The van der Waals surface area contributed by atoms with Gasteiger partial charge in [0.05, 0.1) is 3.79 Å². The first-order valence-corrected chi connectivity index (χ1v) is 6.06. The Hall–Kier alpha value is -0.150. The zero-order valence-corrected chi connectivity index (χ0v) is 9.66. The summed E-state index contributed by atoms with van der Waals surface area (Å²) in [5, 5.41) is 0. The third-order valence-electron chi connectivity index (χ3n) is 2.75. The molecule has 3 heteroatoms. The number of thiophene rings is 1. The molecule has 0 radical (unpaired) electrons. The molecule has 1 fully saturated rings. The number of rotatable bonds is 3. The SMILES string of the molecule is O=CC1(Cc2ccc(Br)s2)CCC1. The number of carbonyl (C=O) groups is 1. The summed E-state index contributed by atoms with van der Waals surface area (Å²) < 4.78 is 1.16. The molecule has 0 spiro atoms. The molecule has 0 unspecified atom stereocenters. The zero-order valence-electron chi connectivity index (χ0n) is 7.25. The first kappa shape index (κ1) is 9.41. The van der Waals surface area contributed by atoms with Crippen molar-refractivity contribution in [2.75, 3.05) is 0 Å². The summed E-state index contributed by atoms with van der Waals surface area (Å²) in [4.78, 5) is 12.2. The van der Waals surface area contributed by atoms with Gasteiger partial charge in [0.1, 0.15) is 6.29 Å². The Morgan fingerprint density at radius 1 is 1.54 bits per heavy atom. The Morgan fingerprint density at radius 2 is 2.31 bits per heavy atom. The molecular formula is C10H11BrOS. The summed E-state index contributed by atoms with van der Waals surface area (Å²) in [6.07, 6.45) is 5.46. The summed E-state index contributed by atoms with van der Waals surface area (Å²) in [6.45, 7) is 0. The van der Waals surface area contributed by atoms with Crippen LogP contribution in [0.25, 0.3) is 0 Å². The molecule has 0 aromatic carbocycles. The molecule has 0 amide bonds. The molecule has 0 bridgehead atoms. The minimum absolute atomic E-state index is 0.00963. The van der Waals surface area contributed by atoms with Crippen molar-refractivity contribution in [1.82, 2.24) is 0 Å². The molecule has 1 aliphatic rings. The van der Waals surface area contributed by atoms with Crippen LogP contribution in [0.5, 0.6) is 0 Å². The van der Waals surface area contributed by atoms with Gasteiger partial charge in [-0.3, -0.25) is 0 Å². The summed E-state index contributed by atoms with van der Waals surface area (Å²) in [6, 6.07) is 4.16. The molecule has 70 valence electrons. The lowest BCUT2D eigenvalue weighted by atomic mass is 9.67. The summed E-state index contributed by atoms with van der Waals surface area (Å²) in [7, 11) is 0. The third kappa shape index (κ3) is 1.86. The van der Waals surface area contributed by atoms with Gasteiger partial charge >= 0.3 is 0 Å². The third-order valence-corrected chi connectivity index (χ3v) is 4.38. The van der Waals surface area contributed by atoms with Crippen LogP contribution in [0.15, 0.2) is 15.9 Å². The van der Waals surface area contributed by atoms with E-state index in [9.17, 15) is 4.79 Å². The van der Waals surface area contributed by atoms with Crippen molar-refractivity contribution in [3.8, 4) is 0 Å². The van der Waals surface area contributed by atoms with Crippen molar-refractivity contribution in [3.63, 3.8) is 0 Å². The number of hydrogen-bond acceptors (Lipinski definition) is 2. The number of aldehydes is 1. The topological polar surface area (TPSA) is 17.1 Å². The number of hydrogen-bond donors (Lipinski definition) is 0. The molecule has 1 aliphatic carbocycles. The standard InChI is InChI=1S/C10H11BrOS/c11-9-3-2-8(13-9)6-10(7-12)4-1-5-10/h2-3,7H,1,4-6H2. The van der Waals surface area contributed by atoms with E-state index < -0.39 is 0 Å². The van der Waals surface area contributed by atoms with Crippen molar-refractivity contribution in [3.05, 3.63) is 20.8 Å². The van der Waals surface area contributed by atoms with Crippen LogP contribution in [0, 0.1) is 5.41 Å². The molecule has 2 rings (SSSR count). The Bertz CT molecular complexity index is 314. The van der Waals surface area contributed by atoms with Crippen molar-refractivity contribution in [1.29, 1.82) is 0 Å². The second-order valence-corrected chi connectivity index (χ2v) is 6.26. The van der Waals surface area contributed by atoms with Crippen LogP contribution in [0.1, 0.15) is 24.1 Å². The van der Waals surface area contributed by atoms with Crippen LogP contribution in [-0.4, -0.2) is 6.29 Å². The van der Waals surface area contributed by atoms with Crippen LogP contribution >= 0.6 is 27.3 Å². The molecule has 0 atom stereocenters. The van der Waals surface area contributed by atoms with E-state index in [2.05, 4.69) is 28.1 Å². The molecule has 13 heavy (non-hydrogen) atoms. The van der Waals surface area contributed by atoms with Crippen molar-refractivity contribution in [2.24, 2.45) is 5.41 Å². The van der Waals surface area contributed by atoms with Gasteiger partial charge < -0.3 is 4.79 Å². The van der Waals surface area contributed by atoms with Gasteiger partial charge in [-0.2, -0.15) is 0 Å². The van der Waals surface area contributed by atoms with Crippen molar-refractivity contribution >= 4 is 33.6 Å². The molecular weight excluding hydrogens is 248 g/mol. The second-order valence-electron chi connectivity index (χ2n) is 3.72. The molecule has 1 heterocycles. The van der Waals surface area contributed by atoms with E-state index >= 15 is 0 Å². The molecule has 0 saturated heterocycles. The lowest BCUT2D eigenvalue weighted by molar-refractivity contribution is -0.120. The molecule has 1 aromatic heterocycles. The van der Waals surface area contributed by atoms with Crippen LogP contribution in [0.3, 0.4) is 0 Å². The maximum atomic E-state index is 10.9. The Labute approximate surface area is 90.3 Å². The maximum absolute atomic E-state index is 10.9. The Balaban J connectivity index is 2.08. The molecule has 1 aromatic rings. The largest absolute Gasteiger partial charge is 0.303 e. The minimum Gasteiger partial charge on any atom is -0.303 e. The lowest BCUT2D eigenvalue weighted by Gasteiger charge is -2.36. The van der Waals surface area contributed by atoms with Gasteiger partial charge in [0.2, 0.25) is 0 Å². The van der Waals surface area contributed by atoms with E-state index in [0.29, 0.717) is 0 Å². The van der Waals surface area contributed by atoms with E-state index in [1.54, 1.807) is 11.3 Å². The summed E-state index contributed by atoms with van der Waals surface area (Å²) in [5.74, 6) is 0. The molecule has 0 N–H and O–H groups in total. The van der Waals surface area contributed by atoms with Gasteiger partial charge in [0.15, 0.2) is 0 Å². The summed E-state index contributed by atoms with van der Waals surface area (Å²) in [5.41, 5.74) is -0.00963. The van der Waals surface area contributed by atoms with Crippen molar-refractivity contribution in [2.45, 2.75) is 25.7 Å². The van der Waals surface area contributed by atoms with Gasteiger partial charge in [-0.25, -0.2) is 0 Å². The molecule has 0 aliphatic heterocycles. The maximum Gasteiger partial charge on any atom is 0.126 e. The highest BCUT2D eigenvalue weighted by atomic mass is 79.9. The van der Waals surface area contributed by atoms with Crippen LogP contribution in [-0.2, 0) is 11.2 Å². The zero-order chi connectivity index (χ0) is 9.31. The van der Waals surface area contributed by atoms with Gasteiger partial charge in [-0.05, 0) is 47.3 Å². The molecule has 1 saturated carbocycles. The highest BCUT2D eigenvalue weighted by Gasteiger charge is 2.36. The smallest absolute Gasteiger partial charge is 0.126 e. The van der Waals surface area contributed by atoms with E-state index in [-0.39, 0.29) is 5.41 Å². The first-order valence-electron chi connectivity index (χ1n) is 4.45. The highest BCUT2D eigenvalue weighted by Crippen LogP contribution is 2.43. The number of carbonyl (C=O) groups excluding carboxylic acids is 1. The van der Waals surface area contributed by atoms with E-state index in [1.165, 1.54) is 11.3 Å². The van der Waals surface area contributed by atoms with Gasteiger partial charge in [-0.1, -0.05) is 6.42 Å². The first-order chi connectivity index (χ1) is 6.24. The summed E-state index contributed by atoms with van der Waals surface area (Å²) >= 11 is 5.17. The van der Waals surface area contributed by atoms with Crippen LogP contribution in [0.4, 0.5) is 0 Å². The Kier molecular flexibility index (Phi) is 2.56. The van der Waals surface area contributed by atoms with E-state index in [1.807, 2.05) is 0 Å². The van der Waals surface area contributed by atoms with Gasteiger partial charge in [0.25, 0.3) is 0 Å². The monoisotopic (exact) mass is 258 g/mol. The van der Waals surface area contributed by atoms with Gasteiger partial charge in [0, 0.05) is 10.3 Å². The fourth-order valence-electron chi connectivity index (χ4n) is 1.76. The van der Waals surface area contributed by atoms with Gasteiger partial charge in [-0.15, -0.1) is 11.3 Å². The highest BCUT2D eigenvalue weighted by molar-refractivity contribution is 9.11. The predicted octanol–water partition coefficient (Wildman–Crippen LogP) is 3.42. The average molecular weight is 259 g/mol. The predicted molar refractivity (Wildman–Crippen MR) is 58.1 cm³/mol. The van der Waals surface area contributed by atoms with E-state index in [0.717, 1.165) is 29.3 Å². The van der Waals surface area contributed by atoms with E-state index in [4.69, 9.17) is 0 Å². The average Bonchev–Trinajstić information content (AvgIpc) is 2.44. The van der Waals surface area contributed by atoms with Crippen molar-refractivity contribution < 1.29 is 4.79 Å². The van der Waals surface area contributed by atoms with Crippen LogP contribution < -0.4 is 0 Å². The Morgan fingerprint density at radius 3 is 2.69 bits per heavy atom. The fourth-order valence-corrected chi connectivity index (χ4v) is 3.40. The number of halogens is 1. The normalized spacial score (nSPS) is 19.5. The quantitative estimate of drug-likeness (QED) is 0.760. The second kappa shape index (κ2) is 3.54. The minimum atomic E-state index is -0.00963. The van der Waals surface area contributed by atoms with Crippen LogP contribution in [0.2, 0.25) is 0 Å². The lowest BCUT2D eigenvalue weighted by Crippen LogP contribution is -2.32. The molecule has 1 nitrogen and oxygen atoms in total.